The number of fused-ring (bicyclic) bond motifs is 2. The molecule has 2 aromatic carbocycles. The van der Waals surface area contributed by atoms with Crippen molar-refractivity contribution in [1.29, 1.82) is 0 Å². The highest BCUT2D eigenvalue weighted by Gasteiger charge is 2.14. The van der Waals surface area contributed by atoms with Gasteiger partial charge in [0.15, 0.2) is 0 Å². The summed E-state index contributed by atoms with van der Waals surface area (Å²) in [6.07, 6.45) is 4.16. The molecule has 1 aliphatic rings. The third-order valence-corrected chi connectivity index (χ3v) is 3.34. The van der Waals surface area contributed by atoms with Gasteiger partial charge in [0, 0.05) is 11.1 Å². The fourth-order valence-electron chi connectivity index (χ4n) is 2.37. The maximum absolute atomic E-state index is 6.29. The van der Waals surface area contributed by atoms with Gasteiger partial charge in [0.05, 0.1) is 11.4 Å². The van der Waals surface area contributed by atoms with E-state index in [4.69, 9.17) is 11.6 Å². The van der Waals surface area contributed by atoms with Crippen LogP contribution in [-0.4, -0.2) is 0 Å². The summed E-state index contributed by atoms with van der Waals surface area (Å²) < 4.78 is 0. The van der Waals surface area contributed by atoms with Crippen molar-refractivity contribution in [2.45, 2.75) is 0 Å². The maximum atomic E-state index is 6.29. The van der Waals surface area contributed by atoms with Crippen molar-refractivity contribution in [2.24, 2.45) is 11.6 Å². The number of rotatable bonds is 1. The van der Waals surface area contributed by atoms with Gasteiger partial charge in [-0.05, 0) is 11.1 Å². The molecular weight excluding hydrogens is 234 g/mol. The van der Waals surface area contributed by atoms with E-state index < -0.39 is 0 Å². The lowest BCUT2D eigenvalue weighted by atomic mass is 9.94. The minimum Gasteiger partial charge on any atom is -0.396 e. The molecule has 94 valence electrons. The van der Waals surface area contributed by atoms with Gasteiger partial charge in [-0.1, -0.05) is 60.7 Å². The van der Waals surface area contributed by atoms with Gasteiger partial charge in [-0.3, -0.25) is 5.84 Å². The molecule has 0 saturated carbocycles. The van der Waals surface area contributed by atoms with Crippen molar-refractivity contribution < 1.29 is 0 Å². The topological polar surface area (TPSA) is 64.1 Å². The number of hydrazine groups is 1. The Kier molecular flexibility index (Phi) is 2.82. The fourth-order valence-corrected chi connectivity index (χ4v) is 2.37. The molecule has 3 heteroatoms. The SMILES string of the molecule is NN/C1=C(\N)c2ccccc2/C=C\c2ccccc21. The van der Waals surface area contributed by atoms with Gasteiger partial charge in [0.1, 0.15) is 0 Å². The van der Waals surface area contributed by atoms with Crippen molar-refractivity contribution in [3.05, 3.63) is 70.8 Å². The van der Waals surface area contributed by atoms with Crippen LogP contribution in [0.4, 0.5) is 0 Å². The Balaban J connectivity index is 2.33. The lowest BCUT2D eigenvalue weighted by molar-refractivity contribution is 0.990. The van der Waals surface area contributed by atoms with Crippen LogP contribution in [0.2, 0.25) is 0 Å². The number of hydrogen-bond acceptors (Lipinski definition) is 3. The second kappa shape index (κ2) is 4.63. The molecule has 0 amide bonds. The highest BCUT2D eigenvalue weighted by molar-refractivity contribution is 5.96. The predicted molar refractivity (Wildman–Crippen MR) is 80.1 cm³/mol. The highest BCUT2D eigenvalue weighted by Crippen LogP contribution is 2.29. The quantitative estimate of drug-likeness (QED) is 0.537. The van der Waals surface area contributed by atoms with Crippen molar-refractivity contribution in [3.63, 3.8) is 0 Å². The van der Waals surface area contributed by atoms with Crippen molar-refractivity contribution in [3.8, 4) is 0 Å². The number of nitrogens with one attached hydrogen (secondary N) is 1. The Bertz CT molecular complexity index is 684. The zero-order chi connectivity index (χ0) is 13.2. The summed E-state index contributed by atoms with van der Waals surface area (Å²) in [4.78, 5) is 0. The van der Waals surface area contributed by atoms with E-state index in [0.29, 0.717) is 5.70 Å². The van der Waals surface area contributed by atoms with Gasteiger partial charge in [-0.15, -0.1) is 0 Å². The van der Waals surface area contributed by atoms with Crippen LogP contribution in [0.1, 0.15) is 22.3 Å². The molecule has 0 aromatic heterocycles. The third-order valence-electron chi connectivity index (χ3n) is 3.34. The van der Waals surface area contributed by atoms with Gasteiger partial charge in [-0.2, -0.15) is 0 Å². The molecule has 3 nitrogen and oxygen atoms in total. The summed E-state index contributed by atoms with van der Waals surface area (Å²) in [6, 6.07) is 16.0. The first-order chi connectivity index (χ1) is 9.31. The summed E-state index contributed by atoms with van der Waals surface area (Å²) in [5, 5.41) is 0. The van der Waals surface area contributed by atoms with E-state index in [9.17, 15) is 0 Å². The van der Waals surface area contributed by atoms with Gasteiger partial charge in [0.25, 0.3) is 0 Å². The first-order valence-corrected chi connectivity index (χ1v) is 6.14. The first-order valence-electron chi connectivity index (χ1n) is 6.14. The van der Waals surface area contributed by atoms with Crippen LogP contribution < -0.4 is 17.0 Å². The van der Waals surface area contributed by atoms with E-state index >= 15 is 0 Å². The lowest BCUT2D eigenvalue weighted by Gasteiger charge is -2.18. The zero-order valence-corrected chi connectivity index (χ0v) is 10.4. The minimum atomic E-state index is 0.662. The molecule has 0 unspecified atom stereocenters. The summed E-state index contributed by atoms with van der Waals surface area (Å²) in [5.41, 5.74) is 14.6. The molecule has 3 rings (SSSR count). The van der Waals surface area contributed by atoms with Crippen LogP contribution in [0.15, 0.2) is 48.5 Å². The molecular formula is C16H15N3. The van der Waals surface area contributed by atoms with E-state index in [1.807, 2.05) is 48.5 Å². The van der Waals surface area contributed by atoms with E-state index in [2.05, 4.69) is 17.6 Å². The van der Waals surface area contributed by atoms with E-state index in [-0.39, 0.29) is 0 Å². The van der Waals surface area contributed by atoms with Gasteiger partial charge >= 0.3 is 0 Å². The van der Waals surface area contributed by atoms with Crippen LogP contribution >= 0.6 is 0 Å². The second-order valence-electron chi connectivity index (χ2n) is 4.44. The summed E-state index contributed by atoms with van der Waals surface area (Å²) in [5.74, 6) is 5.67. The monoisotopic (exact) mass is 249 g/mol. The molecule has 2 aromatic rings. The Morgan fingerprint density at radius 1 is 0.737 bits per heavy atom. The normalized spacial score (nSPS) is 18.8. The van der Waals surface area contributed by atoms with E-state index in [1.54, 1.807) is 0 Å². The maximum Gasteiger partial charge on any atom is 0.0802 e. The average molecular weight is 249 g/mol. The minimum absolute atomic E-state index is 0.662. The molecule has 0 fully saturated rings. The zero-order valence-electron chi connectivity index (χ0n) is 10.4. The van der Waals surface area contributed by atoms with Crippen LogP contribution in [-0.2, 0) is 0 Å². The molecule has 5 N–H and O–H groups in total. The molecule has 1 aliphatic carbocycles. The Hall–Kier alpha value is -2.52. The van der Waals surface area contributed by atoms with Crippen LogP contribution in [0, 0.1) is 0 Å². The Labute approximate surface area is 112 Å². The highest BCUT2D eigenvalue weighted by atomic mass is 15.2. The standard InChI is InChI=1S/C16H15N3/c17-15-13-7-3-1-5-11(13)9-10-12-6-2-4-8-14(12)16(15)19-18/h1-10,19H,17-18H2/b10-9-,11-9?,12-10?,15-13?,16-14?,16-15-. The Morgan fingerprint density at radius 2 is 1.26 bits per heavy atom. The molecule has 0 spiro atoms. The number of hydrogen-bond donors (Lipinski definition) is 3. The molecule has 0 radical (unpaired) electrons. The molecule has 0 heterocycles. The van der Waals surface area contributed by atoms with E-state index in [0.717, 1.165) is 28.0 Å². The third kappa shape index (κ3) is 1.90. The second-order valence-corrected chi connectivity index (χ2v) is 4.44. The average Bonchev–Trinajstić information content (AvgIpc) is 2.46. The molecule has 0 atom stereocenters. The molecule has 0 bridgehead atoms. The first kappa shape index (κ1) is 11.6. The van der Waals surface area contributed by atoms with Crippen LogP contribution in [0.5, 0.6) is 0 Å². The largest absolute Gasteiger partial charge is 0.396 e. The predicted octanol–water partition coefficient (Wildman–Crippen LogP) is 2.42. The fraction of sp³-hybridized carbons (Fsp3) is 0. The van der Waals surface area contributed by atoms with Crippen molar-refractivity contribution >= 4 is 23.5 Å². The van der Waals surface area contributed by atoms with Crippen LogP contribution in [0.3, 0.4) is 0 Å². The number of nitrogens with two attached hydrogens (primary N) is 2. The van der Waals surface area contributed by atoms with Gasteiger partial charge in [0.2, 0.25) is 0 Å². The van der Waals surface area contributed by atoms with Crippen molar-refractivity contribution in [2.75, 3.05) is 0 Å². The number of benzene rings is 2. The molecule has 0 aliphatic heterocycles. The summed E-state index contributed by atoms with van der Waals surface area (Å²) in [6.45, 7) is 0. The van der Waals surface area contributed by atoms with Crippen molar-refractivity contribution in [1.82, 2.24) is 5.43 Å². The van der Waals surface area contributed by atoms with Gasteiger partial charge in [-0.25, -0.2) is 0 Å². The summed E-state index contributed by atoms with van der Waals surface area (Å²) >= 11 is 0. The lowest BCUT2D eigenvalue weighted by Crippen LogP contribution is -2.24. The van der Waals surface area contributed by atoms with Gasteiger partial charge < -0.3 is 11.2 Å². The summed E-state index contributed by atoms with van der Waals surface area (Å²) in [7, 11) is 0. The van der Waals surface area contributed by atoms with Crippen LogP contribution in [0.25, 0.3) is 23.5 Å². The molecule has 0 saturated heterocycles. The van der Waals surface area contributed by atoms with E-state index in [1.165, 1.54) is 0 Å². The Morgan fingerprint density at radius 3 is 1.89 bits per heavy atom. The molecule has 19 heavy (non-hydrogen) atoms. The smallest absolute Gasteiger partial charge is 0.0802 e.